The minimum atomic E-state index is 0.665. The molecule has 5 heteroatoms. The number of nitrogens with one attached hydrogen (secondary N) is 2. The Morgan fingerprint density at radius 2 is 2.21 bits per heavy atom. The van der Waals surface area contributed by atoms with E-state index in [0.717, 1.165) is 21.6 Å². The molecule has 0 radical (unpaired) electrons. The highest BCUT2D eigenvalue weighted by Crippen LogP contribution is 2.27. The number of fused-ring (bicyclic) bond motifs is 3. The summed E-state index contributed by atoms with van der Waals surface area (Å²) in [6, 6.07) is 4.02. The number of hydrogen-bond acceptors (Lipinski definition) is 3. The number of H-pyrrole nitrogens is 2. The van der Waals surface area contributed by atoms with Crippen molar-refractivity contribution in [2.45, 2.75) is 6.92 Å². The monoisotopic (exact) mass is 221 g/mol. The number of rotatable bonds is 0. The standard InChI is InChI=1S/C9H7N3S2/c1-4-10-6-3-2-5-7(8(6)14-4)12-9(13)11-5/h2-3H,1H3,(H2,11,12,13). The van der Waals surface area contributed by atoms with Gasteiger partial charge in [-0.25, -0.2) is 4.98 Å². The Morgan fingerprint density at radius 3 is 3.07 bits per heavy atom. The van der Waals surface area contributed by atoms with Crippen LogP contribution < -0.4 is 0 Å². The van der Waals surface area contributed by atoms with Gasteiger partial charge in [-0.3, -0.25) is 0 Å². The van der Waals surface area contributed by atoms with Gasteiger partial charge in [-0.15, -0.1) is 11.3 Å². The van der Waals surface area contributed by atoms with Crippen LogP contribution >= 0.6 is 23.6 Å². The van der Waals surface area contributed by atoms with Gasteiger partial charge in [0.2, 0.25) is 0 Å². The van der Waals surface area contributed by atoms with Crippen LogP contribution in [0.1, 0.15) is 5.01 Å². The summed E-state index contributed by atoms with van der Waals surface area (Å²) in [6.45, 7) is 2.01. The molecule has 0 saturated heterocycles. The molecule has 0 fully saturated rings. The minimum Gasteiger partial charge on any atom is -0.331 e. The topological polar surface area (TPSA) is 44.5 Å². The predicted octanol–water partition coefficient (Wildman–Crippen LogP) is 3.14. The molecule has 0 bridgehead atoms. The van der Waals surface area contributed by atoms with Crippen molar-refractivity contribution in [1.82, 2.24) is 15.0 Å². The average molecular weight is 221 g/mol. The number of aromatic nitrogens is 3. The molecule has 3 rings (SSSR count). The molecule has 14 heavy (non-hydrogen) atoms. The Hall–Kier alpha value is -1.20. The van der Waals surface area contributed by atoms with Gasteiger partial charge in [0.1, 0.15) is 0 Å². The van der Waals surface area contributed by atoms with Gasteiger partial charge in [0.25, 0.3) is 0 Å². The van der Waals surface area contributed by atoms with Crippen LogP contribution in [0.15, 0.2) is 12.1 Å². The Morgan fingerprint density at radius 1 is 1.36 bits per heavy atom. The fourth-order valence-corrected chi connectivity index (χ4v) is 2.73. The number of aromatic amines is 2. The van der Waals surface area contributed by atoms with Crippen molar-refractivity contribution in [3.8, 4) is 0 Å². The van der Waals surface area contributed by atoms with Crippen LogP contribution in [0.5, 0.6) is 0 Å². The molecule has 0 spiro atoms. The van der Waals surface area contributed by atoms with Crippen molar-refractivity contribution in [2.75, 3.05) is 0 Å². The van der Waals surface area contributed by atoms with Crippen LogP contribution in [-0.2, 0) is 0 Å². The van der Waals surface area contributed by atoms with Crippen LogP contribution in [-0.4, -0.2) is 15.0 Å². The number of aryl methyl sites for hydroxylation is 1. The molecule has 0 saturated carbocycles. The van der Waals surface area contributed by atoms with Gasteiger partial charge >= 0.3 is 0 Å². The highest BCUT2D eigenvalue weighted by molar-refractivity contribution is 7.71. The molecule has 2 aromatic heterocycles. The summed E-state index contributed by atoms with van der Waals surface area (Å²) in [6.07, 6.45) is 0. The van der Waals surface area contributed by atoms with Gasteiger partial charge in [0, 0.05) is 0 Å². The molecule has 0 aliphatic heterocycles. The zero-order valence-corrected chi connectivity index (χ0v) is 9.05. The van der Waals surface area contributed by atoms with Gasteiger partial charge < -0.3 is 9.97 Å². The van der Waals surface area contributed by atoms with Crippen molar-refractivity contribution in [3.63, 3.8) is 0 Å². The molecule has 70 valence electrons. The highest BCUT2D eigenvalue weighted by Gasteiger charge is 2.06. The van der Waals surface area contributed by atoms with Crippen molar-refractivity contribution in [1.29, 1.82) is 0 Å². The Labute approximate surface area is 88.8 Å². The molecule has 0 unspecified atom stereocenters. The average Bonchev–Trinajstić information content (AvgIpc) is 2.65. The van der Waals surface area contributed by atoms with E-state index in [0.29, 0.717) is 4.77 Å². The van der Waals surface area contributed by atoms with Gasteiger partial charge in [-0.05, 0) is 31.3 Å². The Bertz CT molecular complexity index is 674. The zero-order valence-electron chi connectivity index (χ0n) is 7.42. The van der Waals surface area contributed by atoms with Crippen molar-refractivity contribution in [3.05, 3.63) is 21.9 Å². The molecule has 2 N–H and O–H groups in total. The maximum atomic E-state index is 5.06. The molecule has 0 aliphatic carbocycles. The Kier molecular flexibility index (Phi) is 1.54. The molecule has 2 heterocycles. The van der Waals surface area contributed by atoms with Gasteiger partial charge in [0.05, 0.1) is 26.3 Å². The summed E-state index contributed by atoms with van der Waals surface area (Å²) in [7, 11) is 0. The first-order valence-corrected chi connectivity index (χ1v) is 5.45. The summed E-state index contributed by atoms with van der Waals surface area (Å²) >= 11 is 6.74. The van der Waals surface area contributed by atoms with E-state index in [1.54, 1.807) is 11.3 Å². The molecule has 0 amide bonds. The van der Waals surface area contributed by atoms with Crippen LogP contribution in [0.25, 0.3) is 21.3 Å². The number of imidazole rings is 1. The first kappa shape index (κ1) is 8.14. The van der Waals surface area contributed by atoms with E-state index in [2.05, 4.69) is 15.0 Å². The maximum absolute atomic E-state index is 5.06. The predicted molar refractivity (Wildman–Crippen MR) is 61.4 cm³/mol. The van der Waals surface area contributed by atoms with Crippen molar-refractivity contribution in [2.24, 2.45) is 0 Å². The third-order valence-electron chi connectivity index (χ3n) is 2.15. The zero-order chi connectivity index (χ0) is 9.71. The SMILES string of the molecule is Cc1nc2ccc3[nH]c(=S)[nH]c3c2s1. The maximum Gasteiger partial charge on any atom is 0.175 e. The van der Waals surface area contributed by atoms with E-state index in [4.69, 9.17) is 12.2 Å². The lowest BCUT2D eigenvalue weighted by molar-refractivity contribution is 1.30. The fourth-order valence-electron chi connectivity index (χ4n) is 1.60. The minimum absolute atomic E-state index is 0.665. The molecule has 3 nitrogen and oxygen atoms in total. The van der Waals surface area contributed by atoms with Crippen LogP contribution in [0, 0.1) is 11.7 Å². The van der Waals surface area contributed by atoms with E-state index in [9.17, 15) is 0 Å². The second-order valence-electron chi connectivity index (χ2n) is 3.15. The van der Waals surface area contributed by atoms with Gasteiger partial charge in [-0.1, -0.05) is 0 Å². The van der Waals surface area contributed by atoms with E-state index in [-0.39, 0.29) is 0 Å². The van der Waals surface area contributed by atoms with E-state index < -0.39 is 0 Å². The largest absolute Gasteiger partial charge is 0.331 e. The summed E-state index contributed by atoms with van der Waals surface area (Å²) in [5.41, 5.74) is 3.15. The second-order valence-corrected chi connectivity index (χ2v) is 4.76. The van der Waals surface area contributed by atoms with Gasteiger partial charge in [0.15, 0.2) is 4.77 Å². The lowest BCUT2D eigenvalue weighted by Crippen LogP contribution is -1.71. The molecule has 3 aromatic rings. The van der Waals surface area contributed by atoms with Crippen LogP contribution in [0.2, 0.25) is 0 Å². The second kappa shape index (κ2) is 2.65. The number of benzene rings is 1. The fraction of sp³-hybridized carbons (Fsp3) is 0.111. The molecular formula is C9H7N3S2. The third-order valence-corrected chi connectivity index (χ3v) is 3.36. The molecule has 0 atom stereocenters. The summed E-state index contributed by atoms with van der Waals surface area (Å²) < 4.78 is 1.84. The van der Waals surface area contributed by atoms with Crippen molar-refractivity contribution < 1.29 is 0 Å². The lowest BCUT2D eigenvalue weighted by Gasteiger charge is -1.88. The summed E-state index contributed by atoms with van der Waals surface area (Å²) in [5, 5.41) is 1.08. The van der Waals surface area contributed by atoms with Crippen LogP contribution in [0.4, 0.5) is 0 Å². The number of hydrogen-bond donors (Lipinski definition) is 2. The summed E-state index contributed by atoms with van der Waals surface area (Å²) in [5.74, 6) is 0. The first-order valence-electron chi connectivity index (χ1n) is 4.22. The lowest BCUT2D eigenvalue weighted by atomic mass is 10.3. The molecule has 0 aliphatic rings. The smallest absolute Gasteiger partial charge is 0.175 e. The number of thiazole rings is 1. The van der Waals surface area contributed by atoms with Crippen molar-refractivity contribution >= 4 is 44.8 Å². The highest BCUT2D eigenvalue weighted by atomic mass is 32.1. The summed E-state index contributed by atoms with van der Waals surface area (Å²) in [4.78, 5) is 10.7. The van der Waals surface area contributed by atoms with E-state index >= 15 is 0 Å². The molecular weight excluding hydrogens is 214 g/mol. The molecule has 1 aromatic carbocycles. The third kappa shape index (κ3) is 1.03. The van der Waals surface area contributed by atoms with E-state index in [1.807, 2.05) is 19.1 Å². The van der Waals surface area contributed by atoms with Gasteiger partial charge in [-0.2, -0.15) is 0 Å². The first-order chi connectivity index (χ1) is 6.74. The number of nitrogens with zero attached hydrogens (tertiary/aromatic N) is 1. The quantitative estimate of drug-likeness (QED) is 0.573. The van der Waals surface area contributed by atoms with Crippen LogP contribution in [0.3, 0.4) is 0 Å². The van der Waals surface area contributed by atoms with E-state index in [1.165, 1.54) is 4.70 Å². The normalized spacial score (nSPS) is 11.5. The Balaban J connectivity index is 2.65.